The second-order valence-corrected chi connectivity index (χ2v) is 4.06. The molecule has 6 nitrogen and oxygen atoms in total. The first-order chi connectivity index (χ1) is 9.08. The summed E-state index contributed by atoms with van der Waals surface area (Å²) in [4.78, 5) is 33.5. The van der Waals surface area contributed by atoms with E-state index in [0.717, 1.165) is 23.7 Å². The smallest absolute Gasteiger partial charge is 0.366 e. The van der Waals surface area contributed by atoms with Crippen LogP contribution in [0.4, 0.5) is 8.78 Å². The summed E-state index contributed by atoms with van der Waals surface area (Å²) in [5, 5.41) is 0. The number of aromatic nitrogens is 3. The number of ether oxygens (including phenoxy) is 1. The van der Waals surface area contributed by atoms with E-state index in [2.05, 4.69) is 19.7 Å². The Morgan fingerprint density at radius 2 is 1.95 bits per heavy atom. The van der Waals surface area contributed by atoms with Gasteiger partial charge in [0.15, 0.2) is 5.69 Å². The number of alkyl halides is 2. The van der Waals surface area contributed by atoms with Crippen LogP contribution >= 0.6 is 11.3 Å². The van der Waals surface area contributed by atoms with Crippen LogP contribution in [0.1, 0.15) is 32.3 Å². The molecule has 9 heteroatoms. The molecule has 2 aromatic rings. The molecule has 0 aromatic carbocycles. The van der Waals surface area contributed by atoms with E-state index in [9.17, 15) is 18.4 Å². The summed E-state index contributed by atoms with van der Waals surface area (Å²) in [5.41, 5.74) is 0.505. The third-order valence-corrected chi connectivity index (χ3v) is 2.68. The lowest BCUT2D eigenvalue weighted by atomic mass is 10.4. The van der Waals surface area contributed by atoms with Gasteiger partial charge in [-0.15, -0.1) is 11.3 Å². The molecule has 0 bridgehead atoms. The maximum absolute atomic E-state index is 12.2. The van der Waals surface area contributed by atoms with Crippen LogP contribution in [0.5, 0.6) is 0 Å². The Kier molecular flexibility index (Phi) is 3.85. The molecular weight excluding hydrogens is 280 g/mol. The van der Waals surface area contributed by atoms with Crippen LogP contribution in [0.3, 0.4) is 0 Å². The summed E-state index contributed by atoms with van der Waals surface area (Å²) in [6.07, 6.45) is 0.0324. The van der Waals surface area contributed by atoms with E-state index in [0.29, 0.717) is 0 Å². The molecule has 0 spiro atoms. The third kappa shape index (κ3) is 3.13. The van der Waals surface area contributed by atoms with Gasteiger partial charge in [-0.25, -0.2) is 23.4 Å². The summed E-state index contributed by atoms with van der Waals surface area (Å²) >= 11 is 1.00. The second-order valence-electron chi connectivity index (χ2n) is 3.17. The highest BCUT2D eigenvalue weighted by Crippen LogP contribution is 2.15. The molecule has 2 aromatic heterocycles. The first kappa shape index (κ1) is 13.1. The molecule has 0 unspecified atom stereocenters. The molecule has 0 radical (unpaired) electrons. The minimum atomic E-state index is -2.78. The van der Waals surface area contributed by atoms with Crippen molar-refractivity contribution in [3.05, 3.63) is 40.4 Å². The highest BCUT2D eigenvalue weighted by Gasteiger charge is 2.18. The summed E-state index contributed by atoms with van der Waals surface area (Å²) in [7, 11) is 0. The monoisotopic (exact) mass is 285 g/mol. The van der Waals surface area contributed by atoms with Crippen molar-refractivity contribution in [2.45, 2.75) is 6.43 Å². The number of carbonyl (C=O) groups excluding carboxylic acids is 2. The van der Waals surface area contributed by atoms with E-state index < -0.39 is 24.1 Å². The second kappa shape index (κ2) is 5.57. The standard InChI is InChI=1S/C10H5F2N3O3S/c11-8(12)5-1-15-6(2-14-5)9(16)18-10(17)7-3-13-4-19-7/h1-4,8H. The highest BCUT2D eigenvalue weighted by atomic mass is 32.1. The Morgan fingerprint density at radius 3 is 2.47 bits per heavy atom. The molecule has 0 aliphatic carbocycles. The summed E-state index contributed by atoms with van der Waals surface area (Å²) < 4.78 is 28.9. The van der Waals surface area contributed by atoms with Gasteiger partial charge in [0.1, 0.15) is 10.6 Å². The number of thiazole rings is 1. The van der Waals surface area contributed by atoms with Crippen molar-refractivity contribution in [3.63, 3.8) is 0 Å². The molecule has 2 heterocycles. The highest BCUT2D eigenvalue weighted by molar-refractivity contribution is 7.11. The Balaban J connectivity index is 2.06. The number of hydrogen-bond donors (Lipinski definition) is 0. The Morgan fingerprint density at radius 1 is 1.16 bits per heavy atom. The van der Waals surface area contributed by atoms with Gasteiger partial charge in [0.05, 0.1) is 24.1 Å². The van der Waals surface area contributed by atoms with E-state index in [1.165, 1.54) is 11.7 Å². The average molecular weight is 285 g/mol. The molecule has 0 amide bonds. The van der Waals surface area contributed by atoms with E-state index >= 15 is 0 Å². The number of esters is 2. The molecule has 0 saturated carbocycles. The van der Waals surface area contributed by atoms with Gasteiger partial charge in [0.2, 0.25) is 0 Å². The van der Waals surface area contributed by atoms with E-state index in [1.54, 1.807) is 0 Å². The van der Waals surface area contributed by atoms with Crippen LogP contribution in [-0.4, -0.2) is 26.9 Å². The lowest BCUT2D eigenvalue weighted by Crippen LogP contribution is -2.13. The number of carbonyl (C=O) groups is 2. The predicted molar refractivity (Wildman–Crippen MR) is 58.8 cm³/mol. The molecule has 0 saturated heterocycles. The summed E-state index contributed by atoms with van der Waals surface area (Å²) in [6.45, 7) is 0. The zero-order valence-corrected chi connectivity index (χ0v) is 9.93. The van der Waals surface area contributed by atoms with Crippen LogP contribution in [-0.2, 0) is 4.74 Å². The number of nitrogens with zero attached hydrogens (tertiary/aromatic N) is 3. The Labute approximate surface area is 109 Å². The fourth-order valence-electron chi connectivity index (χ4n) is 1.06. The quantitative estimate of drug-likeness (QED) is 0.632. The number of halogens is 2. The fraction of sp³-hybridized carbons (Fsp3) is 0.100. The first-order valence-corrected chi connectivity index (χ1v) is 5.71. The van der Waals surface area contributed by atoms with Crippen LogP contribution < -0.4 is 0 Å². The molecule has 98 valence electrons. The van der Waals surface area contributed by atoms with E-state index in [1.807, 2.05) is 0 Å². The molecule has 0 aliphatic heterocycles. The zero-order valence-electron chi connectivity index (χ0n) is 9.12. The van der Waals surface area contributed by atoms with Gasteiger partial charge in [-0.05, 0) is 0 Å². The van der Waals surface area contributed by atoms with Gasteiger partial charge in [0, 0.05) is 0 Å². The van der Waals surface area contributed by atoms with E-state index in [4.69, 9.17) is 0 Å². The van der Waals surface area contributed by atoms with Gasteiger partial charge < -0.3 is 4.74 Å². The minimum absolute atomic E-state index is 0.144. The van der Waals surface area contributed by atoms with Crippen molar-refractivity contribution in [3.8, 4) is 0 Å². The van der Waals surface area contributed by atoms with Gasteiger partial charge in [-0.1, -0.05) is 0 Å². The minimum Gasteiger partial charge on any atom is -0.384 e. The van der Waals surface area contributed by atoms with Gasteiger partial charge in [0.25, 0.3) is 6.43 Å². The van der Waals surface area contributed by atoms with Gasteiger partial charge >= 0.3 is 11.9 Å². The number of hydrogen-bond acceptors (Lipinski definition) is 7. The Bertz CT molecular complexity index is 587. The van der Waals surface area contributed by atoms with Crippen LogP contribution in [0.2, 0.25) is 0 Å². The van der Waals surface area contributed by atoms with Crippen LogP contribution in [0.15, 0.2) is 24.1 Å². The van der Waals surface area contributed by atoms with Gasteiger partial charge in [-0.3, -0.25) is 9.97 Å². The molecule has 0 aliphatic rings. The first-order valence-electron chi connectivity index (χ1n) is 4.83. The number of rotatable bonds is 3. The molecule has 19 heavy (non-hydrogen) atoms. The third-order valence-electron chi connectivity index (χ3n) is 1.92. The SMILES string of the molecule is O=C(OC(=O)c1cncs1)c1cnc(C(F)F)cn1. The fourth-order valence-corrected chi connectivity index (χ4v) is 1.55. The van der Waals surface area contributed by atoms with Crippen molar-refractivity contribution in [1.82, 2.24) is 15.0 Å². The lowest BCUT2D eigenvalue weighted by molar-refractivity contribution is 0.0396. The molecule has 2 rings (SSSR count). The summed E-state index contributed by atoms with van der Waals surface area (Å²) in [6, 6.07) is 0. The van der Waals surface area contributed by atoms with Crippen molar-refractivity contribution < 1.29 is 23.1 Å². The average Bonchev–Trinajstić information content (AvgIpc) is 2.92. The van der Waals surface area contributed by atoms with E-state index in [-0.39, 0.29) is 10.6 Å². The largest absolute Gasteiger partial charge is 0.384 e. The predicted octanol–water partition coefficient (Wildman–Crippen LogP) is 1.87. The maximum Gasteiger partial charge on any atom is 0.366 e. The molecule has 0 N–H and O–H groups in total. The van der Waals surface area contributed by atoms with Crippen molar-refractivity contribution in [1.29, 1.82) is 0 Å². The van der Waals surface area contributed by atoms with Gasteiger partial charge in [-0.2, -0.15) is 0 Å². The Hall–Kier alpha value is -2.29. The lowest BCUT2D eigenvalue weighted by Gasteiger charge is -2.01. The van der Waals surface area contributed by atoms with Crippen molar-refractivity contribution in [2.24, 2.45) is 0 Å². The van der Waals surface area contributed by atoms with Crippen LogP contribution in [0.25, 0.3) is 0 Å². The van der Waals surface area contributed by atoms with Crippen molar-refractivity contribution in [2.75, 3.05) is 0 Å². The topological polar surface area (TPSA) is 82.0 Å². The zero-order chi connectivity index (χ0) is 13.8. The molecular formula is C10H5F2N3O3S. The van der Waals surface area contributed by atoms with Crippen LogP contribution in [0, 0.1) is 0 Å². The van der Waals surface area contributed by atoms with Crippen molar-refractivity contribution >= 4 is 23.3 Å². The normalized spacial score (nSPS) is 10.5. The summed E-state index contributed by atoms with van der Waals surface area (Å²) in [5.74, 6) is -1.95. The molecule has 0 atom stereocenters. The maximum atomic E-state index is 12.2. The molecule has 0 fully saturated rings.